The third-order valence-electron chi connectivity index (χ3n) is 1.39. The van der Waals surface area contributed by atoms with Gasteiger partial charge in [0.2, 0.25) is 0 Å². The Balaban J connectivity index is 2.24. The van der Waals surface area contributed by atoms with Gasteiger partial charge in [0.25, 0.3) is 0 Å². The molecule has 0 nitrogen and oxygen atoms in total. The van der Waals surface area contributed by atoms with Crippen LogP contribution < -0.4 is 0 Å². The Labute approximate surface area is 86.2 Å². The Kier molecular flexibility index (Phi) is 5.20. The number of halogens is 1. The summed E-state index contributed by atoms with van der Waals surface area (Å²) in [4.78, 5) is 3.26. The van der Waals surface area contributed by atoms with Crippen molar-refractivity contribution in [3.63, 3.8) is 0 Å². The minimum Gasteiger partial charge on any atom is -0.126 e. The lowest BCUT2D eigenvalue weighted by Gasteiger charge is -1.97. The van der Waals surface area contributed by atoms with Crippen molar-refractivity contribution in [3.8, 4) is 0 Å². The number of rotatable bonds is 4. The Hall–Kier alpha value is -0.210. The number of hydrogen-bond acceptors (Lipinski definition) is 1. The van der Waals surface area contributed by atoms with Crippen LogP contribution in [-0.2, 0) is 0 Å². The molecule has 0 saturated carbocycles. The average Bonchev–Trinajstić information content (AvgIpc) is 2.14. The van der Waals surface area contributed by atoms with Gasteiger partial charge in [-0.2, -0.15) is 0 Å². The van der Waals surface area contributed by atoms with Crippen molar-refractivity contribution in [3.05, 3.63) is 41.4 Å². The molecule has 0 amide bonds. The predicted octanol–water partition coefficient (Wildman–Crippen LogP) is 4.08. The molecule has 0 atom stereocenters. The van der Waals surface area contributed by atoms with Crippen molar-refractivity contribution in [2.75, 3.05) is 5.75 Å². The Bertz CT molecular complexity index is 231. The molecule has 0 unspecified atom stereocenters. The van der Waals surface area contributed by atoms with E-state index in [9.17, 15) is 0 Å². The normalized spacial score (nSPS) is 10.8. The number of benzene rings is 1. The fourth-order valence-corrected chi connectivity index (χ4v) is 1.93. The molecule has 0 aliphatic rings. The minimum atomic E-state index is 1.12. The van der Waals surface area contributed by atoms with E-state index in [0.717, 1.165) is 12.2 Å². The van der Waals surface area contributed by atoms with Crippen LogP contribution >= 0.6 is 27.7 Å². The molecule has 0 heterocycles. The quantitative estimate of drug-likeness (QED) is 0.567. The van der Waals surface area contributed by atoms with Crippen molar-refractivity contribution in [1.29, 1.82) is 0 Å². The molecule has 1 rings (SSSR count). The van der Waals surface area contributed by atoms with Crippen LogP contribution in [0.1, 0.15) is 6.42 Å². The van der Waals surface area contributed by atoms with Gasteiger partial charge in [-0.1, -0.05) is 40.2 Å². The summed E-state index contributed by atoms with van der Waals surface area (Å²) in [6.45, 7) is 0. The van der Waals surface area contributed by atoms with Crippen LogP contribution in [0.4, 0.5) is 0 Å². The highest BCUT2D eigenvalue weighted by Crippen LogP contribution is 2.17. The van der Waals surface area contributed by atoms with Gasteiger partial charge in [0.1, 0.15) is 0 Å². The summed E-state index contributed by atoms with van der Waals surface area (Å²) in [5.41, 5.74) is 0. The largest absolute Gasteiger partial charge is 0.126 e. The highest BCUT2D eigenvalue weighted by Gasteiger charge is 1.89. The van der Waals surface area contributed by atoms with E-state index in [4.69, 9.17) is 0 Å². The highest BCUT2D eigenvalue weighted by atomic mass is 79.9. The first-order valence-corrected chi connectivity index (χ1v) is 5.76. The fourth-order valence-electron chi connectivity index (χ4n) is 0.825. The molecule has 0 saturated heterocycles. The number of thioether (sulfide) groups is 1. The summed E-state index contributed by atoms with van der Waals surface area (Å²) < 4.78 is 0. The van der Waals surface area contributed by atoms with Gasteiger partial charge in [-0.15, -0.1) is 11.8 Å². The van der Waals surface area contributed by atoms with Crippen LogP contribution in [0, 0.1) is 0 Å². The van der Waals surface area contributed by atoms with Crippen LogP contribution in [-0.4, -0.2) is 5.75 Å². The van der Waals surface area contributed by atoms with E-state index in [0.29, 0.717) is 0 Å². The SMILES string of the molecule is BrC=CCCSc1ccccc1. The second kappa shape index (κ2) is 6.32. The molecule has 0 aromatic heterocycles. The minimum absolute atomic E-state index is 1.12. The summed E-state index contributed by atoms with van der Waals surface area (Å²) in [6.07, 6.45) is 3.24. The Morgan fingerprint density at radius 3 is 2.67 bits per heavy atom. The van der Waals surface area contributed by atoms with Gasteiger partial charge in [-0.05, 0) is 23.5 Å². The maximum Gasteiger partial charge on any atom is 0.00720 e. The summed E-state index contributed by atoms with van der Waals surface area (Å²) >= 11 is 5.13. The van der Waals surface area contributed by atoms with Crippen LogP contribution in [0.5, 0.6) is 0 Å². The summed E-state index contributed by atoms with van der Waals surface area (Å²) in [5.74, 6) is 1.14. The molecule has 0 aliphatic heterocycles. The predicted molar refractivity (Wildman–Crippen MR) is 59.9 cm³/mol. The van der Waals surface area contributed by atoms with E-state index in [1.165, 1.54) is 4.90 Å². The maximum absolute atomic E-state index is 3.25. The zero-order chi connectivity index (χ0) is 8.65. The second-order valence-electron chi connectivity index (χ2n) is 2.31. The molecule has 0 bridgehead atoms. The van der Waals surface area contributed by atoms with E-state index < -0.39 is 0 Å². The zero-order valence-corrected chi connectivity index (χ0v) is 9.14. The van der Waals surface area contributed by atoms with Crippen LogP contribution in [0.2, 0.25) is 0 Å². The van der Waals surface area contributed by atoms with E-state index in [1.807, 2.05) is 22.8 Å². The van der Waals surface area contributed by atoms with Crippen molar-refractivity contribution < 1.29 is 0 Å². The van der Waals surface area contributed by atoms with E-state index in [2.05, 4.69) is 46.3 Å². The van der Waals surface area contributed by atoms with E-state index >= 15 is 0 Å². The van der Waals surface area contributed by atoms with Crippen molar-refractivity contribution in [1.82, 2.24) is 0 Å². The number of hydrogen-bond donors (Lipinski definition) is 0. The van der Waals surface area contributed by atoms with E-state index in [-0.39, 0.29) is 0 Å². The van der Waals surface area contributed by atoms with E-state index in [1.54, 1.807) is 0 Å². The summed E-state index contributed by atoms with van der Waals surface area (Å²) in [7, 11) is 0. The molecule has 0 radical (unpaired) electrons. The maximum atomic E-state index is 3.25. The molecular weight excluding hydrogens is 232 g/mol. The molecule has 2 heteroatoms. The standard InChI is InChI=1S/C10H11BrS/c11-8-4-5-9-12-10-6-2-1-3-7-10/h1-4,6-8H,5,9H2. The lowest BCUT2D eigenvalue weighted by atomic mass is 10.4. The van der Waals surface area contributed by atoms with Crippen LogP contribution in [0.25, 0.3) is 0 Å². The van der Waals surface area contributed by atoms with Crippen LogP contribution in [0.15, 0.2) is 46.3 Å². The zero-order valence-electron chi connectivity index (χ0n) is 6.74. The molecule has 1 aromatic carbocycles. The van der Waals surface area contributed by atoms with Crippen LogP contribution in [0.3, 0.4) is 0 Å². The molecule has 0 aliphatic carbocycles. The van der Waals surface area contributed by atoms with Gasteiger partial charge in [-0.3, -0.25) is 0 Å². The average molecular weight is 243 g/mol. The second-order valence-corrected chi connectivity index (χ2v) is 4.01. The van der Waals surface area contributed by atoms with Crippen molar-refractivity contribution in [2.45, 2.75) is 11.3 Å². The molecule has 1 aromatic rings. The fraction of sp³-hybridized carbons (Fsp3) is 0.200. The van der Waals surface area contributed by atoms with Gasteiger partial charge in [-0.25, -0.2) is 0 Å². The Morgan fingerprint density at radius 1 is 1.25 bits per heavy atom. The smallest absolute Gasteiger partial charge is 0.00720 e. The van der Waals surface area contributed by atoms with Crippen molar-refractivity contribution in [2.24, 2.45) is 0 Å². The summed E-state index contributed by atoms with van der Waals surface area (Å²) in [6, 6.07) is 10.5. The molecule has 64 valence electrons. The highest BCUT2D eigenvalue weighted by molar-refractivity contribution is 9.11. The monoisotopic (exact) mass is 242 g/mol. The van der Waals surface area contributed by atoms with Gasteiger partial charge in [0.15, 0.2) is 0 Å². The molecule has 0 fully saturated rings. The molecule has 0 spiro atoms. The first kappa shape index (κ1) is 9.87. The first-order chi connectivity index (χ1) is 5.93. The Morgan fingerprint density at radius 2 is 2.00 bits per heavy atom. The van der Waals surface area contributed by atoms with Gasteiger partial charge in [0.05, 0.1) is 0 Å². The topological polar surface area (TPSA) is 0 Å². The lowest BCUT2D eigenvalue weighted by molar-refractivity contribution is 1.24. The first-order valence-electron chi connectivity index (χ1n) is 3.86. The third kappa shape index (κ3) is 3.98. The van der Waals surface area contributed by atoms with Crippen molar-refractivity contribution >= 4 is 27.7 Å². The molecule has 0 N–H and O–H groups in total. The summed E-state index contributed by atoms with van der Waals surface area (Å²) in [5, 5.41) is 0. The third-order valence-corrected chi connectivity index (χ3v) is 2.80. The lowest BCUT2D eigenvalue weighted by Crippen LogP contribution is -1.75. The number of allylic oxidation sites excluding steroid dienone is 1. The van der Waals surface area contributed by atoms with Gasteiger partial charge >= 0.3 is 0 Å². The van der Waals surface area contributed by atoms with Gasteiger partial charge in [0, 0.05) is 10.6 Å². The molecule has 12 heavy (non-hydrogen) atoms. The van der Waals surface area contributed by atoms with Gasteiger partial charge < -0.3 is 0 Å². The molecular formula is C10H11BrS.